The van der Waals surface area contributed by atoms with Crippen molar-refractivity contribution in [2.75, 3.05) is 0 Å². The van der Waals surface area contributed by atoms with E-state index >= 15 is 0 Å². The SMILES string of the molecule is [C-]#[N+]C(CC=C)([N+]#[C-])C1=CCC[C@@H]1[C@H]1CCCCC1=C. The number of rotatable bonds is 4. The molecule has 0 heterocycles. The van der Waals surface area contributed by atoms with Crippen LogP contribution in [0.5, 0.6) is 0 Å². The summed E-state index contributed by atoms with van der Waals surface area (Å²) in [5.41, 5.74) is 1.34. The molecule has 2 heteroatoms. The lowest BCUT2D eigenvalue weighted by Crippen LogP contribution is -2.30. The van der Waals surface area contributed by atoms with E-state index in [1.807, 2.05) is 0 Å². The molecule has 2 rings (SSSR count). The molecule has 0 saturated heterocycles. The van der Waals surface area contributed by atoms with Crippen LogP contribution in [0.25, 0.3) is 9.69 Å². The average molecular weight is 266 g/mol. The van der Waals surface area contributed by atoms with Gasteiger partial charge in [-0.1, -0.05) is 30.7 Å². The minimum absolute atomic E-state index is 0.353. The summed E-state index contributed by atoms with van der Waals surface area (Å²) in [5.74, 6) is 0.830. The number of allylic oxidation sites excluding steroid dienone is 2. The summed E-state index contributed by atoms with van der Waals surface area (Å²) in [6, 6.07) is 0. The molecule has 0 spiro atoms. The molecule has 2 nitrogen and oxygen atoms in total. The van der Waals surface area contributed by atoms with Crippen molar-refractivity contribution in [2.45, 2.75) is 50.6 Å². The van der Waals surface area contributed by atoms with Gasteiger partial charge in [-0.05, 0) is 38.0 Å². The fraction of sp³-hybridized carbons (Fsp3) is 0.556. The molecule has 0 N–H and O–H groups in total. The van der Waals surface area contributed by atoms with Crippen LogP contribution in [-0.4, -0.2) is 5.66 Å². The zero-order valence-electron chi connectivity index (χ0n) is 12.1. The number of nitrogens with zero attached hydrogens (tertiary/aromatic N) is 2. The monoisotopic (exact) mass is 266 g/mol. The highest BCUT2D eigenvalue weighted by Crippen LogP contribution is 2.48. The summed E-state index contributed by atoms with van der Waals surface area (Å²) in [5, 5.41) is 0. The van der Waals surface area contributed by atoms with Gasteiger partial charge in [-0.2, -0.15) is 0 Å². The van der Waals surface area contributed by atoms with Crippen LogP contribution in [0.4, 0.5) is 0 Å². The molecule has 0 amide bonds. The highest BCUT2D eigenvalue weighted by molar-refractivity contribution is 5.37. The lowest BCUT2D eigenvalue weighted by molar-refractivity contribution is 0.336. The molecule has 1 fully saturated rings. The van der Waals surface area contributed by atoms with Gasteiger partial charge in [0, 0.05) is 5.92 Å². The third kappa shape index (κ3) is 2.44. The van der Waals surface area contributed by atoms with Crippen LogP contribution >= 0.6 is 0 Å². The van der Waals surface area contributed by atoms with E-state index in [0.29, 0.717) is 18.3 Å². The Bertz CT molecular complexity index is 499. The van der Waals surface area contributed by atoms with Gasteiger partial charge in [0.2, 0.25) is 0 Å². The van der Waals surface area contributed by atoms with E-state index in [-0.39, 0.29) is 0 Å². The quantitative estimate of drug-likeness (QED) is 0.489. The van der Waals surface area contributed by atoms with Gasteiger partial charge in [0.05, 0.1) is 0 Å². The standard InChI is InChI=1S/C18H22N2/c1-5-13-18(19-3,20-4)17-12-8-11-16(17)15-10-7-6-9-14(15)2/h5,12,15-16H,1-2,6-11,13H2/t15-,16+/m0/s1. The smallest absolute Gasteiger partial charge is 0.226 e. The van der Waals surface area contributed by atoms with Crippen molar-refractivity contribution in [1.29, 1.82) is 0 Å². The Morgan fingerprint density at radius 3 is 2.60 bits per heavy atom. The second kappa shape index (κ2) is 6.10. The first-order chi connectivity index (χ1) is 9.68. The zero-order valence-corrected chi connectivity index (χ0v) is 12.1. The maximum Gasteiger partial charge on any atom is 0.509 e. The molecule has 20 heavy (non-hydrogen) atoms. The van der Waals surface area contributed by atoms with Gasteiger partial charge < -0.3 is 0 Å². The van der Waals surface area contributed by atoms with Crippen LogP contribution in [0.2, 0.25) is 0 Å². The molecule has 0 aromatic heterocycles. The van der Waals surface area contributed by atoms with Crippen molar-refractivity contribution in [3.05, 3.63) is 59.3 Å². The summed E-state index contributed by atoms with van der Waals surface area (Å²) in [7, 11) is 0. The Balaban J connectivity index is 2.31. The topological polar surface area (TPSA) is 8.72 Å². The molecule has 0 radical (unpaired) electrons. The molecule has 104 valence electrons. The molecule has 1 saturated carbocycles. The first-order valence-electron chi connectivity index (χ1n) is 7.45. The van der Waals surface area contributed by atoms with Crippen molar-refractivity contribution >= 4 is 0 Å². The van der Waals surface area contributed by atoms with Gasteiger partial charge in [-0.3, -0.25) is 0 Å². The molecule has 0 aromatic rings. The van der Waals surface area contributed by atoms with Gasteiger partial charge >= 0.3 is 5.66 Å². The fourth-order valence-electron chi connectivity index (χ4n) is 3.76. The largest absolute Gasteiger partial charge is 0.509 e. The molecule has 0 aliphatic heterocycles. The third-order valence-electron chi connectivity index (χ3n) is 4.78. The highest BCUT2D eigenvalue weighted by Gasteiger charge is 2.53. The molecular weight excluding hydrogens is 244 g/mol. The average Bonchev–Trinajstić information content (AvgIpc) is 2.95. The van der Waals surface area contributed by atoms with E-state index in [2.05, 4.69) is 28.9 Å². The predicted octanol–water partition coefficient (Wildman–Crippen LogP) is 5.18. The molecular formula is C18H22N2. The first kappa shape index (κ1) is 14.6. The second-order valence-corrected chi connectivity index (χ2v) is 5.89. The Morgan fingerprint density at radius 1 is 1.25 bits per heavy atom. The Morgan fingerprint density at radius 2 is 2.00 bits per heavy atom. The van der Waals surface area contributed by atoms with Crippen LogP contribution in [0.3, 0.4) is 0 Å². The Kier molecular flexibility index (Phi) is 4.46. The minimum Gasteiger partial charge on any atom is -0.226 e. The summed E-state index contributed by atoms with van der Waals surface area (Å²) in [6.45, 7) is 23.0. The highest BCUT2D eigenvalue weighted by atomic mass is 15.0. The van der Waals surface area contributed by atoms with Crippen LogP contribution in [0.1, 0.15) is 44.9 Å². The zero-order chi connectivity index (χ0) is 14.6. The minimum atomic E-state index is -1.04. The summed E-state index contributed by atoms with van der Waals surface area (Å²) >= 11 is 0. The van der Waals surface area contributed by atoms with E-state index in [1.54, 1.807) is 6.08 Å². The third-order valence-corrected chi connectivity index (χ3v) is 4.78. The van der Waals surface area contributed by atoms with Gasteiger partial charge in [0.1, 0.15) is 12.0 Å². The van der Waals surface area contributed by atoms with E-state index in [4.69, 9.17) is 13.1 Å². The fourth-order valence-corrected chi connectivity index (χ4v) is 3.76. The lowest BCUT2D eigenvalue weighted by Gasteiger charge is -2.31. The van der Waals surface area contributed by atoms with Crippen LogP contribution in [-0.2, 0) is 0 Å². The summed E-state index contributed by atoms with van der Waals surface area (Å²) in [6.07, 6.45) is 11.1. The Hall–Kier alpha value is -1.80. The normalized spacial score (nSPS) is 26.5. The molecule has 2 atom stereocenters. The number of hydrogen-bond donors (Lipinski definition) is 0. The van der Waals surface area contributed by atoms with Crippen LogP contribution in [0.15, 0.2) is 36.5 Å². The van der Waals surface area contributed by atoms with E-state index in [1.165, 1.54) is 24.8 Å². The van der Waals surface area contributed by atoms with E-state index in [0.717, 1.165) is 24.8 Å². The van der Waals surface area contributed by atoms with Crippen molar-refractivity contribution < 1.29 is 0 Å². The van der Waals surface area contributed by atoms with Crippen LogP contribution in [0, 0.1) is 25.0 Å². The predicted molar refractivity (Wildman–Crippen MR) is 82.7 cm³/mol. The summed E-state index contributed by atoms with van der Waals surface area (Å²) in [4.78, 5) is 7.41. The van der Waals surface area contributed by atoms with Crippen molar-refractivity contribution in [3.63, 3.8) is 0 Å². The Labute approximate surface area is 122 Å². The van der Waals surface area contributed by atoms with Gasteiger partial charge in [-0.25, -0.2) is 22.8 Å². The van der Waals surface area contributed by atoms with E-state index < -0.39 is 5.66 Å². The molecule has 2 aliphatic carbocycles. The second-order valence-electron chi connectivity index (χ2n) is 5.89. The molecule has 0 bridgehead atoms. The van der Waals surface area contributed by atoms with Crippen molar-refractivity contribution in [3.8, 4) is 0 Å². The maximum atomic E-state index is 7.53. The maximum absolute atomic E-state index is 7.53. The number of hydrogen-bond acceptors (Lipinski definition) is 0. The molecule has 0 aromatic carbocycles. The summed E-state index contributed by atoms with van der Waals surface area (Å²) < 4.78 is 0. The van der Waals surface area contributed by atoms with E-state index in [9.17, 15) is 0 Å². The molecule has 2 aliphatic rings. The van der Waals surface area contributed by atoms with Crippen molar-refractivity contribution in [1.82, 2.24) is 0 Å². The van der Waals surface area contributed by atoms with Crippen LogP contribution < -0.4 is 0 Å². The molecule has 0 unspecified atom stereocenters. The van der Waals surface area contributed by atoms with Gasteiger partial charge in [0.25, 0.3) is 0 Å². The van der Waals surface area contributed by atoms with Gasteiger partial charge in [-0.15, -0.1) is 6.58 Å². The van der Waals surface area contributed by atoms with Crippen molar-refractivity contribution in [2.24, 2.45) is 11.8 Å². The first-order valence-corrected chi connectivity index (χ1v) is 7.45. The lowest BCUT2D eigenvalue weighted by atomic mass is 9.72. The van der Waals surface area contributed by atoms with Gasteiger partial charge in [0.15, 0.2) is 0 Å².